The van der Waals surface area contributed by atoms with Crippen LogP contribution in [0.3, 0.4) is 0 Å². The molecule has 0 spiro atoms. The van der Waals surface area contributed by atoms with Crippen molar-refractivity contribution >= 4 is 5.91 Å². The van der Waals surface area contributed by atoms with Crippen LogP contribution in [-0.2, 0) is 6.54 Å². The van der Waals surface area contributed by atoms with Crippen molar-refractivity contribution in [3.63, 3.8) is 0 Å². The van der Waals surface area contributed by atoms with Gasteiger partial charge >= 0.3 is 0 Å². The molecule has 0 unspecified atom stereocenters. The Morgan fingerprint density at radius 3 is 2.48 bits per heavy atom. The maximum Gasteiger partial charge on any atom is 0.251 e. The van der Waals surface area contributed by atoms with Gasteiger partial charge in [0.15, 0.2) is 0 Å². The SMILES string of the molecule is Cc1ccc(C(=O)NCCNCc2ccccc2O)cc1. The van der Waals surface area contributed by atoms with Gasteiger partial charge in [-0.15, -0.1) is 0 Å². The maximum absolute atomic E-state index is 11.9. The van der Waals surface area contributed by atoms with Crippen molar-refractivity contribution in [2.75, 3.05) is 13.1 Å². The van der Waals surface area contributed by atoms with Crippen LogP contribution < -0.4 is 10.6 Å². The van der Waals surface area contributed by atoms with Gasteiger partial charge in [-0.25, -0.2) is 0 Å². The fraction of sp³-hybridized carbons (Fsp3) is 0.235. The lowest BCUT2D eigenvalue weighted by molar-refractivity contribution is 0.0954. The molecule has 0 aromatic heterocycles. The van der Waals surface area contributed by atoms with E-state index in [9.17, 15) is 9.90 Å². The number of aryl methyl sites for hydroxylation is 1. The van der Waals surface area contributed by atoms with Gasteiger partial charge < -0.3 is 15.7 Å². The van der Waals surface area contributed by atoms with Gasteiger partial charge in [-0.2, -0.15) is 0 Å². The lowest BCUT2D eigenvalue weighted by Gasteiger charge is -2.08. The molecule has 2 aromatic carbocycles. The second-order valence-electron chi connectivity index (χ2n) is 4.93. The Morgan fingerprint density at radius 2 is 1.76 bits per heavy atom. The third-order valence-corrected chi connectivity index (χ3v) is 3.21. The number of amides is 1. The van der Waals surface area contributed by atoms with E-state index in [1.807, 2.05) is 43.3 Å². The molecule has 1 amide bonds. The van der Waals surface area contributed by atoms with E-state index in [-0.39, 0.29) is 11.7 Å². The maximum atomic E-state index is 11.9. The number of phenolic OH excluding ortho intramolecular Hbond substituents is 1. The minimum atomic E-state index is -0.0700. The first-order chi connectivity index (χ1) is 10.2. The average Bonchev–Trinajstić information content (AvgIpc) is 2.49. The monoisotopic (exact) mass is 284 g/mol. The lowest BCUT2D eigenvalue weighted by atomic mass is 10.1. The number of hydrogen-bond donors (Lipinski definition) is 3. The predicted octanol–water partition coefficient (Wildman–Crippen LogP) is 2.22. The Balaban J connectivity index is 1.69. The van der Waals surface area contributed by atoms with Crippen molar-refractivity contribution in [1.29, 1.82) is 0 Å². The van der Waals surface area contributed by atoms with E-state index in [1.165, 1.54) is 0 Å². The number of carbonyl (C=O) groups is 1. The minimum absolute atomic E-state index is 0.0700. The van der Waals surface area contributed by atoms with Gasteiger partial charge in [0.1, 0.15) is 5.75 Å². The molecular formula is C17H20N2O2. The molecule has 0 aliphatic carbocycles. The predicted molar refractivity (Wildman–Crippen MR) is 83.3 cm³/mol. The largest absolute Gasteiger partial charge is 0.508 e. The fourth-order valence-electron chi connectivity index (χ4n) is 1.95. The normalized spacial score (nSPS) is 10.3. The molecule has 21 heavy (non-hydrogen) atoms. The number of hydrogen-bond acceptors (Lipinski definition) is 3. The first-order valence-corrected chi connectivity index (χ1v) is 6.99. The number of rotatable bonds is 6. The first kappa shape index (κ1) is 15.1. The Labute approximate surface area is 124 Å². The van der Waals surface area contributed by atoms with Crippen molar-refractivity contribution in [2.24, 2.45) is 0 Å². The van der Waals surface area contributed by atoms with E-state index in [2.05, 4.69) is 10.6 Å². The van der Waals surface area contributed by atoms with Crippen LogP contribution in [0.2, 0.25) is 0 Å². The molecule has 0 radical (unpaired) electrons. The highest BCUT2D eigenvalue weighted by atomic mass is 16.3. The van der Waals surface area contributed by atoms with Crippen LogP contribution in [0.15, 0.2) is 48.5 Å². The Hall–Kier alpha value is -2.33. The molecular weight excluding hydrogens is 264 g/mol. The van der Waals surface area contributed by atoms with E-state index >= 15 is 0 Å². The zero-order valence-corrected chi connectivity index (χ0v) is 12.1. The first-order valence-electron chi connectivity index (χ1n) is 6.99. The Morgan fingerprint density at radius 1 is 1.05 bits per heavy atom. The molecule has 0 bridgehead atoms. The highest BCUT2D eigenvalue weighted by molar-refractivity contribution is 5.94. The van der Waals surface area contributed by atoms with Gasteiger partial charge in [-0.05, 0) is 25.1 Å². The van der Waals surface area contributed by atoms with Crippen LogP contribution in [0.25, 0.3) is 0 Å². The van der Waals surface area contributed by atoms with Crippen LogP contribution in [0, 0.1) is 6.92 Å². The molecule has 2 rings (SSSR count). The quantitative estimate of drug-likeness (QED) is 0.713. The van der Waals surface area contributed by atoms with Crippen molar-refractivity contribution < 1.29 is 9.90 Å². The summed E-state index contributed by atoms with van der Waals surface area (Å²) in [5.41, 5.74) is 2.65. The van der Waals surface area contributed by atoms with E-state index in [4.69, 9.17) is 0 Å². The average molecular weight is 284 g/mol. The Bertz CT molecular complexity index is 594. The lowest BCUT2D eigenvalue weighted by Crippen LogP contribution is -2.31. The molecule has 4 heteroatoms. The molecule has 0 saturated carbocycles. The molecule has 0 fully saturated rings. The molecule has 3 N–H and O–H groups in total. The van der Waals surface area contributed by atoms with Crippen LogP contribution in [-0.4, -0.2) is 24.1 Å². The molecule has 0 heterocycles. The summed E-state index contributed by atoms with van der Waals surface area (Å²) < 4.78 is 0. The summed E-state index contributed by atoms with van der Waals surface area (Å²) in [6.07, 6.45) is 0. The summed E-state index contributed by atoms with van der Waals surface area (Å²) in [7, 11) is 0. The van der Waals surface area contributed by atoms with Gasteiger partial charge in [0, 0.05) is 30.8 Å². The van der Waals surface area contributed by atoms with Crippen LogP contribution in [0.5, 0.6) is 5.75 Å². The topological polar surface area (TPSA) is 61.4 Å². The summed E-state index contributed by atoms with van der Waals surface area (Å²) in [6, 6.07) is 14.7. The van der Waals surface area contributed by atoms with E-state index in [0.717, 1.165) is 11.1 Å². The molecule has 0 atom stereocenters. The third-order valence-electron chi connectivity index (χ3n) is 3.21. The smallest absolute Gasteiger partial charge is 0.251 e. The third kappa shape index (κ3) is 4.61. The molecule has 2 aromatic rings. The summed E-state index contributed by atoms with van der Waals surface area (Å²) >= 11 is 0. The van der Waals surface area contributed by atoms with Gasteiger partial charge in [-0.3, -0.25) is 4.79 Å². The Kier molecular flexibility index (Phi) is 5.35. The summed E-state index contributed by atoms with van der Waals surface area (Å²) in [5.74, 6) is 0.216. The number of nitrogens with one attached hydrogen (secondary N) is 2. The van der Waals surface area contributed by atoms with Crippen molar-refractivity contribution in [3.8, 4) is 5.75 Å². The second kappa shape index (κ2) is 7.45. The number of carbonyl (C=O) groups excluding carboxylic acids is 1. The molecule has 0 aliphatic rings. The van der Waals surface area contributed by atoms with Gasteiger partial charge in [0.2, 0.25) is 0 Å². The molecule has 110 valence electrons. The van der Waals surface area contributed by atoms with Crippen LogP contribution >= 0.6 is 0 Å². The second-order valence-corrected chi connectivity index (χ2v) is 4.93. The zero-order chi connectivity index (χ0) is 15.1. The fourth-order valence-corrected chi connectivity index (χ4v) is 1.95. The standard InChI is InChI=1S/C17H20N2O2/c1-13-6-8-14(9-7-13)17(21)19-11-10-18-12-15-4-2-3-5-16(15)20/h2-9,18,20H,10-12H2,1H3,(H,19,21). The van der Waals surface area contributed by atoms with Gasteiger partial charge in [0.25, 0.3) is 5.91 Å². The van der Waals surface area contributed by atoms with E-state index in [0.29, 0.717) is 25.2 Å². The summed E-state index contributed by atoms with van der Waals surface area (Å²) in [6.45, 7) is 3.75. The van der Waals surface area contributed by atoms with Gasteiger partial charge in [0.05, 0.1) is 0 Å². The van der Waals surface area contributed by atoms with E-state index < -0.39 is 0 Å². The molecule has 4 nitrogen and oxygen atoms in total. The van der Waals surface area contributed by atoms with E-state index in [1.54, 1.807) is 12.1 Å². The van der Waals surface area contributed by atoms with Crippen molar-refractivity contribution in [1.82, 2.24) is 10.6 Å². The number of phenols is 1. The zero-order valence-electron chi connectivity index (χ0n) is 12.1. The number of aromatic hydroxyl groups is 1. The summed E-state index contributed by atoms with van der Waals surface area (Å²) in [4.78, 5) is 11.9. The van der Waals surface area contributed by atoms with Crippen LogP contribution in [0.1, 0.15) is 21.5 Å². The van der Waals surface area contributed by atoms with Gasteiger partial charge in [-0.1, -0.05) is 35.9 Å². The van der Waals surface area contributed by atoms with Crippen LogP contribution in [0.4, 0.5) is 0 Å². The molecule has 0 saturated heterocycles. The molecule has 0 aliphatic heterocycles. The summed E-state index contributed by atoms with van der Waals surface area (Å²) in [5, 5.41) is 15.7. The van der Waals surface area contributed by atoms with Crippen molar-refractivity contribution in [2.45, 2.75) is 13.5 Å². The van der Waals surface area contributed by atoms with Crippen molar-refractivity contribution in [3.05, 3.63) is 65.2 Å². The number of benzene rings is 2. The highest BCUT2D eigenvalue weighted by Gasteiger charge is 2.03. The number of para-hydroxylation sites is 1. The highest BCUT2D eigenvalue weighted by Crippen LogP contribution is 2.14. The minimum Gasteiger partial charge on any atom is -0.508 e.